The molecule has 2 aromatic rings. The summed E-state index contributed by atoms with van der Waals surface area (Å²) in [7, 11) is 0. The normalized spacial score (nSPS) is 10.3. The lowest BCUT2D eigenvalue weighted by Crippen LogP contribution is -2.00. The van der Waals surface area contributed by atoms with Gasteiger partial charge in [-0.15, -0.1) is 0 Å². The molecule has 92 valence electrons. The van der Waals surface area contributed by atoms with Gasteiger partial charge in [0.2, 0.25) is 0 Å². The van der Waals surface area contributed by atoms with E-state index in [4.69, 9.17) is 5.11 Å². The number of phenols is 1. The summed E-state index contributed by atoms with van der Waals surface area (Å²) in [4.78, 5) is 10.8. The molecule has 0 amide bonds. The van der Waals surface area contributed by atoms with Crippen LogP contribution < -0.4 is 0 Å². The van der Waals surface area contributed by atoms with Gasteiger partial charge in [0.25, 0.3) is 0 Å². The lowest BCUT2D eigenvalue weighted by molar-refractivity contribution is 0.0692. The molecule has 0 saturated carbocycles. The van der Waals surface area contributed by atoms with E-state index in [1.165, 1.54) is 6.07 Å². The van der Waals surface area contributed by atoms with E-state index in [0.29, 0.717) is 0 Å². The summed E-state index contributed by atoms with van der Waals surface area (Å²) < 4.78 is 26.3. The molecule has 0 aliphatic rings. The summed E-state index contributed by atoms with van der Waals surface area (Å²) in [6.45, 7) is 0. The standard InChI is InChI=1S/C13H8F2O3/c14-8-2-4-12(16)9(6-8)7-1-3-11(15)10(5-7)13(17)18/h1-6,16H,(H,17,18). The topological polar surface area (TPSA) is 57.5 Å². The molecule has 0 aliphatic heterocycles. The minimum absolute atomic E-state index is 0.109. The quantitative estimate of drug-likeness (QED) is 0.861. The Kier molecular flexibility index (Phi) is 2.97. The van der Waals surface area contributed by atoms with Gasteiger partial charge in [-0.05, 0) is 35.9 Å². The first-order valence-corrected chi connectivity index (χ1v) is 5.01. The third kappa shape index (κ3) is 2.15. The molecule has 2 N–H and O–H groups in total. The van der Waals surface area contributed by atoms with Crippen molar-refractivity contribution in [3.8, 4) is 16.9 Å². The highest BCUT2D eigenvalue weighted by atomic mass is 19.1. The van der Waals surface area contributed by atoms with Crippen LogP contribution in [0.25, 0.3) is 11.1 Å². The Bertz CT molecular complexity index is 624. The summed E-state index contributed by atoms with van der Waals surface area (Å²) in [6, 6.07) is 6.55. The van der Waals surface area contributed by atoms with Gasteiger partial charge < -0.3 is 10.2 Å². The molecule has 0 spiro atoms. The highest BCUT2D eigenvalue weighted by Gasteiger charge is 2.13. The Balaban J connectivity index is 2.61. The molecule has 0 atom stereocenters. The van der Waals surface area contributed by atoms with Crippen LogP contribution >= 0.6 is 0 Å². The van der Waals surface area contributed by atoms with Crippen molar-refractivity contribution in [1.29, 1.82) is 0 Å². The van der Waals surface area contributed by atoms with E-state index in [-0.39, 0.29) is 16.9 Å². The number of carboxylic acid groups (broad SMARTS) is 1. The molecule has 0 aromatic heterocycles. The second kappa shape index (κ2) is 4.44. The zero-order valence-corrected chi connectivity index (χ0v) is 9.02. The summed E-state index contributed by atoms with van der Waals surface area (Å²) in [5.41, 5.74) is -0.195. The van der Waals surface area contributed by atoms with Crippen molar-refractivity contribution in [3.05, 3.63) is 53.6 Å². The SMILES string of the molecule is O=C(O)c1cc(-c2cc(F)ccc2O)ccc1F. The van der Waals surface area contributed by atoms with Crippen molar-refractivity contribution in [2.24, 2.45) is 0 Å². The predicted octanol–water partition coefficient (Wildman–Crippen LogP) is 3.04. The molecule has 0 bridgehead atoms. The number of hydrogen-bond acceptors (Lipinski definition) is 2. The fraction of sp³-hybridized carbons (Fsp3) is 0. The van der Waals surface area contributed by atoms with Gasteiger partial charge in [-0.2, -0.15) is 0 Å². The smallest absolute Gasteiger partial charge is 0.338 e. The Morgan fingerprint density at radius 3 is 2.44 bits per heavy atom. The van der Waals surface area contributed by atoms with Crippen molar-refractivity contribution in [2.75, 3.05) is 0 Å². The third-order valence-corrected chi connectivity index (χ3v) is 2.47. The first kappa shape index (κ1) is 12.0. The fourth-order valence-corrected chi connectivity index (χ4v) is 1.60. The molecule has 0 saturated heterocycles. The Morgan fingerprint density at radius 2 is 1.78 bits per heavy atom. The van der Waals surface area contributed by atoms with E-state index in [1.807, 2.05) is 0 Å². The number of halogens is 2. The molecule has 18 heavy (non-hydrogen) atoms. The molecule has 3 nitrogen and oxygen atoms in total. The van der Waals surface area contributed by atoms with Crippen LogP contribution in [0.4, 0.5) is 8.78 Å². The number of phenolic OH excluding ortho intramolecular Hbond substituents is 1. The minimum Gasteiger partial charge on any atom is -0.507 e. The van der Waals surface area contributed by atoms with Gasteiger partial charge in [0, 0.05) is 5.56 Å². The van der Waals surface area contributed by atoms with Crippen LogP contribution in [0.3, 0.4) is 0 Å². The highest BCUT2D eigenvalue weighted by Crippen LogP contribution is 2.30. The zero-order chi connectivity index (χ0) is 13.3. The number of aromatic hydroxyl groups is 1. The molecule has 0 aliphatic carbocycles. The van der Waals surface area contributed by atoms with Crippen LogP contribution in [0.5, 0.6) is 5.75 Å². The summed E-state index contributed by atoms with van der Waals surface area (Å²) in [6.07, 6.45) is 0. The molecule has 2 aromatic carbocycles. The molecular formula is C13H8F2O3. The molecule has 5 heteroatoms. The Morgan fingerprint density at radius 1 is 1.06 bits per heavy atom. The molecule has 0 radical (unpaired) electrons. The first-order valence-electron chi connectivity index (χ1n) is 5.01. The van der Waals surface area contributed by atoms with Crippen molar-refractivity contribution in [1.82, 2.24) is 0 Å². The Labute approximate surface area is 101 Å². The van der Waals surface area contributed by atoms with Crippen molar-refractivity contribution < 1.29 is 23.8 Å². The van der Waals surface area contributed by atoms with Gasteiger partial charge in [-0.3, -0.25) is 0 Å². The predicted molar refractivity (Wildman–Crippen MR) is 60.4 cm³/mol. The van der Waals surface area contributed by atoms with E-state index in [9.17, 15) is 18.7 Å². The van der Waals surface area contributed by atoms with E-state index in [2.05, 4.69) is 0 Å². The summed E-state index contributed by atoms with van der Waals surface area (Å²) >= 11 is 0. The summed E-state index contributed by atoms with van der Waals surface area (Å²) in [5, 5.41) is 18.4. The second-order valence-corrected chi connectivity index (χ2v) is 3.66. The maximum atomic E-state index is 13.2. The van der Waals surface area contributed by atoms with Crippen LogP contribution in [0.1, 0.15) is 10.4 Å². The number of carbonyl (C=O) groups is 1. The maximum absolute atomic E-state index is 13.2. The molecule has 0 unspecified atom stereocenters. The van der Waals surface area contributed by atoms with Crippen molar-refractivity contribution in [2.45, 2.75) is 0 Å². The number of aromatic carboxylic acids is 1. The van der Waals surface area contributed by atoms with Gasteiger partial charge in [0.05, 0.1) is 5.56 Å². The van der Waals surface area contributed by atoms with Gasteiger partial charge in [0.1, 0.15) is 17.4 Å². The first-order chi connectivity index (χ1) is 8.49. The van der Waals surface area contributed by atoms with Crippen LogP contribution in [-0.2, 0) is 0 Å². The second-order valence-electron chi connectivity index (χ2n) is 3.66. The zero-order valence-electron chi connectivity index (χ0n) is 9.02. The molecule has 0 heterocycles. The lowest BCUT2D eigenvalue weighted by atomic mass is 10.0. The van der Waals surface area contributed by atoms with Gasteiger partial charge >= 0.3 is 5.97 Å². The Hall–Kier alpha value is -2.43. The van der Waals surface area contributed by atoms with Gasteiger partial charge in [-0.25, -0.2) is 13.6 Å². The number of hydrogen-bond donors (Lipinski definition) is 2. The lowest BCUT2D eigenvalue weighted by Gasteiger charge is -2.06. The number of benzene rings is 2. The van der Waals surface area contributed by atoms with Crippen LogP contribution in [0.15, 0.2) is 36.4 Å². The maximum Gasteiger partial charge on any atom is 0.338 e. The largest absolute Gasteiger partial charge is 0.507 e. The average molecular weight is 250 g/mol. The van der Waals surface area contributed by atoms with Crippen LogP contribution in [0.2, 0.25) is 0 Å². The van der Waals surface area contributed by atoms with Crippen molar-refractivity contribution >= 4 is 5.97 Å². The van der Waals surface area contributed by atoms with E-state index in [1.54, 1.807) is 0 Å². The third-order valence-electron chi connectivity index (χ3n) is 2.47. The van der Waals surface area contributed by atoms with Crippen LogP contribution in [0, 0.1) is 11.6 Å². The monoisotopic (exact) mass is 250 g/mol. The minimum atomic E-state index is -1.43. The average Bonchev–Trinajstić information content (AvgIpc) is 2.33. The van der Waals surface area contributed by atoms with E-state index < -0.39 is 23.2 Å². The molecule has 2 rings (SSSR count). The number of rotatable bonds is 2. The van der Waals surface area contributed by atoms with E-state index >= 15 is 0 Å². The van der Waals surface area contributed by atoms with Gasteiger partial charge in [0.15, 0.2) is 0 Å². The number of carboxylic acids is 1. The molecular weight excluding hydrogens is 242 g/mol. The van der Waals surface area contributed by atoms with Gasteiger partial charge in [-0.1, -0.05) is 6.07 Å². The van der Waals surface area contributed by atoms with E-state index in [0.717, 1.165) is 30.3 Å². The van der Waals surface area contributed by atoms with Crippen LogP contribution in [-0.4, -0.2) is 16.2 Å². The summed E-state index contributed by atoms with van der Waals surface area (Å²) in [5.74, 6) is -3.10. The highest BCUT2D eigenvalue weighted by molar-refractivity contribution is 5.90. The molecule has 0 fully saturated rings. The fourth-order valence-electron chi connectivity index (χ4n) is 1.60. The van der Waals surface area contributed by atoms with Crippen molar-refractivity contribution in [3.63, 3.8) is 0 Å².